The number of carbonyl (C=O) groups excluding carboxylic acids is 1. The highest BCUT2D eigenvalue weighted by Crippen LogP contribution is 2.23. The van der Waals surface area contributed by atoms with Crippen LogP contribution in [0.3, 0.4) is 0 Å². The molecule has 0 fully saturated rings. The topological polar surface area (TPSA) is 83.9 Å². The summed E-state index contributed by atoms with van der Waals surface area (Å²) in [5.41, 5.74) is 1.61. The van der Waals surface area contributed by atoms with E-state index in [1.54, 1.807) is 0 Å². The highest BCUT2D eigenvalue weighted by Gasteiger charge is 2.34. The summed E-state index contributed by atoms with van der Waals surface area (Å²) in [6.07, 6.45) is 6.96. The molecule has 2 unspecified atom stereocenters. The first-order valence-corrected chi connectivity index (χ1v) is 13.3. The Morgan fingerprint density at radius 3 is 2.06 bits per heavy atom. The second kappa shape index (κ2) is 14.6. The van der Waals surface area contributed by atoms with Crippen LogP contribution < -0.4 is 0 Å². The van der Waals surface area contributed by atoms with Gasteiger partial charge in [0, 0.05) is 6.54 Å². The molecule has 7 heteroatoms. The van der Waals surface area contributed by atoms with E-state index in [1.165, 1.54) is 11.4 Å². The summed E-state index contributed by atoms with van der Waals surface area (Å²) < 4.78 is 32.3. The first-order valence-electron chi connectivity index (χ1n) is 11.6. The number of aliphatic hydroxyl groups excluding tert-OH is 1. The maximum atomic E-state index is 13.0. The van der Waals surface area contributed by atoms with Crippen molar-refractivity contribution in [1.82, 2.24) is 4.31 Å². The van der Waals surface area contributed by atoms with Crippen LogP contribution in [0.25, 0.3) is 0 Å². The normalized spacial score (nSPS) is 13.9. The Bertz CT molecular complexity index is 733. The van der Waals surface area contributed by atoms with Crippen molar-refractivity contribution >= 4 is 16.0 Å². The summed E-state index contributed by atoms with van der Waals surface area (Å²) >= 11 is 0. The zero-order valence-electron chi connectivity index (χ0n) is 19.7. The molecule has 0 amide bonds. The molecule has 2 atom stereocenters. The summed E-state index contributed by atoms with van der Waals surface area (Å²) in [6, 6.07) is 6.55. The first kappa shape index (κ1) is 27.6. The van der Waals surface area contributed by atoms with Crippen LogP contribution in [-0.2, 0) is 26.1 Å². The van der Waals surface area contributed by atoms with Gasteiger partial charge in [-0.25, -0.2) is 8.42 Å². The second-order valence-electron chi connectivity index (χ2n) is 8.15. The minimum Gasteiger partial charge on any atom is -0.468 e. The van der Waals surface area contributed by atoms with Crippen LogP contribution in [0.1, 0.15) is 95.8 Å². The van der Waals surface area contributed by atoms with Crippen molar-refractivity contribution in [2.24, 2.45) is 0 Å². The quantitative estimate of drug-likeness (QED) is 0.281. The summed E-state index contributed by atoms with van der Waals surface area (Å²) in [5.74, 6) is -0.526. The van der Waals surface area contributed by atoms with Gasteiger partial charge in [0.15, 0.2) is 0 Å². The number of aliphatic hydroxyl groups is 1. The van der Waals surface area contributed by atoms with Crippen molar-refractivity contribution in [1.29, 1.82) is 0 Å². The fourth-order valence-electron chi connectivity index (χ4n) is 3.66. The lowest BCUT2D eigenvalue weighted by Gasteiger charge is -2.29. The molecule has 0 radical (unpaired) electrons. The number of methoxy groups -OCH3 is 1. The molecular weight excluding hydrogens is 414 g/mol. The van der Waals surface area contributed by atoms with E-state index in [-0.39, 0.29) is 12.3 Å². The van der Waals surface area contributed by atoms with Gasteiger partial charge < -0.3 is 9.84 Å². The third-order valence-corrected chi connectivity index (χ3v) is 7.53. The van der Waals surface area contributed by atoms with Gasteiger partial charge in [0.25, 0.3) is 0 Å². The van der Waals surface area contributed by atoms with Crippen molar-refractivity contribution in [2.45, 2.75) is 97.2 Å². The number of esters is 1. The van der Waals surface area contributed by atoms with Crippen LogP contribution in [0.5, 0.6) is 0 Å². The highest BCUT2D eigenvalue weighted by atomic mass is 32.2. The van der Waals surface area contributed by atoms with E-state index in [2.05, 4.69) is 13.8 Å². The van der Waals surface area contributed by atoms with Crippen LogP contribution >= 0.6 is 0 Å². The number of unbranched alkanes of at least 4 members (excludes halogenated alkanes) is 4. The fourth-order valence-corrected chi connectivity index (χ4v) is 5.34. The molecule has 178 valence electrons. The van der Waals surface area contributed by atoms with Crippen LogP contribution in [0, 0.1) is 0 Å². The maximum Gasteiger partial charge on any atom is 0.324 e. The van der Waals surface area contributed by atoms with Gasteiger partial charge in [-0.3, -0.25) is 4.79 Å². The summed E-state index contributed by atoms with van der Waals surface area (Å²) in [6.45, 7) is 6.12. The lowest BCUT2D eigenvalue weighted by atomic mass is 10.0. The second-order valence-corrected chi connectivity index (χ2v) is 10.2. The van der Waals surface area contributed by atoms with E-state index >= 15 is 0 Å². The molecule has 1 aromatic carbocycles. The summed E-state index contributed by atoms with van der Waals surface area (Å²) in [7, 11) is -2.32. The number of benzene rings is 1. The Morgan fingerprint density at radius 2 is 1.55 bits per heavy atom. The standard InChI is InChI=1S/C24H41NO5S/c1-5-8-10-12-22(24(27)30-4)25(31(28,29)18-7-3)19-20-14-16-21(17-15-20)23(26)13-11-9-6-2/h14-17,22-23,26H,5-13,18-19H2,1-4H3. The van der Waals surface area contributed by atoms with Crippen LogP contribution in [-0.4, -0.2) is 42.7 Å². The van der Waals surface area contributed by atoms with Crippen molar-refractivity contribution in [3.63, 3.8) is 0 Å². The molecule has 0 bridgehead atoms. The molecule has 1 aromatic rings. The summed E-state index contributed by atoms with van der Waals surface area (Å²) in [4.78, 5) is 12.5. The average Bonchev–Trinajstić information content (AvgIpc) is 2.75. The van der Waals surface area contributed by atoms with E-state index in [1.807, 2.05) is 31.2 Å². The van der Waals surface area contributed by atoms with E-state index in [0.29, 0.717) is 19.3 Å². The minimum absolute atomic E-state index is 0.0114. The Morgan fingerprint density at radius 1 is 0.968 bits per heavy atom. The molecule has 0 aliphatic rings. The summed E-state index contributed by atoms with van der Waals surface area (Å²) in [5, 5.41) is 10.4. The molecule has 6 nitrogen and oxygen atoms in total. The average molecular weight is 456 g/mol. The van der Waals surface area contributed by atoms with Gasteiger partial charge in [-0.05, 0) is 30.4 Å². The fraction of sp³-hybridized carbons (Fsp3) is 0.708. The molecule has 1 rings (SSSR count). The number of rotatable bonds is 16. The molecule has 0 aromatic heterocycles. The number of hydrogen-bond donors (Lipinski definition) is 1. The van der Waals surface area contributed by atoms with E-state index in [9.17, 15) is 18.3 Å². The Kier molecular flexibility index (Phi) is 13.0. The van der Waals surface area contributed by atoms with Gasteiger partial charge in [0.1, 0.15) is 6.04 Å². The molecule has 0 spiro atoms. The molecule has 0 saturated carbocycles. The van der Waals surface area contributed by atoms with Crippen LogP contribution in [0.2, 0.25) is 0 Å². The lowest BCUT2D eigenvalue weighted by Crippen LogP contribution is -2.46. The zero-order chi connectivity index (χ0) is 23.3. The zero-order valence-corrected chi connectivity index (χ0v) is 20.5. The van der Waals surface area contributed by atoms with Crippen molar-refractivity contribution in [3.8, 4) is 0 Å². The van der Waals surface area contributed by atoms with Gasteiger partial charge in [0.05, 0.1) is 19.0 Å². The van der Waals surface area contributed by atoms with Gasteiger partial charge in [0.2, 0.25) is 10.0 Å². The highest BCUT2D eigenvalue weighted by molar-refractivity contribution is 7.89. The number of hydrogen-bond acceptors (Lipinski definition) is 5. The SMILES string of the molecule is CCCCCC(O)c1ccc(CN(C(CCCCC)C(=O)OC)S(=O)(=O)CCC)cc1. The first-order chi connectivity index (χ1) is 14.8. The molecule has 0 heterocycles. The van der Waals surface area contributed by atoms with Crippen LogP contribution in [0.15, 0.2) is 24.3 Å². The molecule has 0 saturated heterocycles. The number of sulfonamides is 1. The van der Waals surface area contributed by atoms with Gasteiger partial charge in [-0.2, -0.15) is 4.31 Å². The lowest BCUT2D eigenvalue weighted by molar-refractivity contribution is -0.145. The monoisotopic (exact) mass is 455 g/mol. The van der Waals surface area contributed by atoms with Crippen molar-refractivity contribution < 1.29 is 23.1 Å². The van der Waals surface area contributed by atoms with E-state index in [4.69, 9.17) is 4.74 Å². The maximum absolute atomic E-state index is 13.0. The van der Waals surface area contributed by atoms with E-state index in [0.717, 1.165) is 49.7 Å². The number of ether oxygens (including phenoxy) is 1. The Labute approximate surface area is 189 Å². The van der Waals surface area contributed by atoms with Crippen molar-refractivity contribution in [2.75, 3.05) is 12.9 Å². The molecule has 31 heavy (non-hydrogen) atoms. The predicted molar refractivity (Wildman–Crippen MR) is 125 cm³/mol. The molecular formula is C24H41NO5S. The number of nitrogens with zero attached hydrogens (tertiary/aromatic N) is 1. The third kappa shape index (κ3) is 9.29. The Hall–Kier alpha value is -1.44. The molecule has 0 aliphatic carbocycles. The molecule has 1 N–H and O–H groups in total. The van der Waals surface area contributed by atoms with Gasteiger partial charge >= 0.3 is 5.97 Å². The molecule has 0 aliphatic heterocycles. The van der Waals surface area contributed by atoms with Gasteiger partial charge in [-0.15, -0.1) is 0 Å². The minimum atomic E-state index is -3.62. The Balaban J connectivity index is 3.07. The largest absolute Gasteiger partial charge is 0.468 e. The number of carbonyl (C=O) groups is 1. The van der Waals surface area contributed by atoms with Crippen LogP contribution in [0.4, 0.5) is 0 Å². The smallest absolute Gasteiger partial charge is 0.324 e. The van der Waals surface area contributed by atoms with Crippen molar-refractivity contribution in [3.05, 3.63) is 35.4 Å². The predicted octanol–water partition coefficient (Wildman–Crippen LogP) is 4.96. The third-order valence-electron chi connectivity index (χ3n) is 5.51. The van der Waals surface area contributed by atoms with Gasteiger partial charge in [-0.1, -0.05) is 83.6 Å². The van der Waals surface area contributed by atoms with E-state index < -0.39 is 28.1 Å².